The van der Waals surface area contributed by atoms with Gasteiger partial charge in [0.15, 0.2) is 5.58 Å². The molecule has 5 nitrogen and oxygen atoms in total. The molecule has 2 heterocycles. The van der Waals surface area contributed by atoms with Gasteiger partial charge in [0.2, 0.25) is 11.8 Å². The Morgan fingerprint density at radius 2 is 1.89 bits per heavy atom. The van der Waals surface area contributed by atoms with Gasteiger partial charge in [-0.15, -0.1) is 0 Å². The fourth-order valence-electron chi connectivity index (χ4n) is 3.54. The summed E-state index contributed by atoms with van der Waals surface area (Å²) in [7, 11) is 0. The maximum atomic E-state index is 13.1. The van der Waals surface area contributed by atoms with Gasteiger partial charge in [0, 0.05) is 23.0 Å². The zero-order valence-electron chi connectivity index (χ0n) is 15.2. The van der Waals surface area contributed by atoms with Crippen LogP contribution in [0.4, 0.5) is 4.39 Å². The molecule has 2 aromatic carbocycles. The minimum absolute atomic E-state index is 0.0209. The minimum atomic E-state index is -0.301. The number of nitrogens with one attached hydrogen (secondary N) is 1. The van der Waals surface area contributed by atoms with E-state index in [9.17, 15) is 9.18 Å². The highest BCUT2D eigenvalue weighted by Crippen LogP contribution is 2.29. The molecule has 0 radical (unpaired) electrons. The second-order valence-electron chi connectivity index (χ2n) is 6.87. The van der Waals surface area contributed by atoms with Crippen LogP contribution < -0.4 is 5.43 Å². The number of rotatable bonds is 4. The number of hydrogen-bond acceptors (Lipinski definition) is 4. The Hall–Kier alpha value is -3.02. The number of halogens is 1. The van der Waals surface area contributed by atoms with Crippen LogP contribution in [0.1, 0.15) is 32.3 Å². The van der Waals surface area contributed by atoms with Gasteiger partial charge >= 0.3 is 0 Å². The van der Waals surface area contributed by atoms with Crippen molar-refractivity contribution in [3.8, 4) is 11.5 Å². The van der Waals surface area contributed by atoms with Crippen LogP contribution in [0.15, 0.2) is 52.0 Å². The lowest BCUT2D eigenvalue weighted by Gasteiger charge is -2.27. The molecule has 1 amide bonds. The molecule has 0 saturated heterocycles. The summed E-state index contributed by atoms with van der Waals surface area (Å²) >= 11 is 0. The molecule has 0 aliphatic carbocycles. The quantitative estimate of drug-likeness (QED) is 0.739. The number of hydrazone groups is 1. The Morgan fingerprint density at radius 1 is 1.15 bits per heavy atom. The van der Waals surface area contributed by atoms with Gasteiger partial charge in [-0.1, -0.05) is 26.3 Å². The van der Waals surface area contributed by atoms with E-state index < -0.39 is 0 Å². The summed E-state index contributed by atoms with van der Waals surface area (Å²) < 4.78 is 19.0. The number of hydrogen-bond donors (Lipinski definition) is 1. The number of nitrogens with zero attached hydrogens (tertiary/aromatic N) is 2. The zero-order valence-corrected chi connectivity index (χ0v) is 15.2. The van der Waals surface area contributed by atoms with Crippen molar-refractivity contribution in [3.05, 3.63) is 53.8 Å². The summed E-state index contributed by atoms with van der Waals surface area (Å²) in [5.41, 5.74) is 6.46. The molecule has 6 heteroatoms. The van der Waals surface area contributed by atoms with E-state index in [4.69, 9.17) is 4.42 Å². The van der Waals surface area contributed by atoms with E-state index in [1.165, 1.54) is 12.1 Å². The maximum absolute atomic E-state index is 13.1. The van der Waals surface area contributed by atoms with Crippen LogP contribution in [0.25, 0.3) is 22.6 Å². The molecule has 2 atom stereocenters. The predicted octanol–water partition coefficient (Wildman–Crippen LogP) is 4.52. The maximum Gasteiger partial charge on any atom is 0.243 e. The molecule has 1 aliphatic rings. The van der Waals surface area contributed by atoms with Crippen LogP contribution in [-0.4, -0.2) is 16.6 Å². The van der Waals surface area contributed by atoms with E-state index in [0.29, 0.717) is 17.0 Å². The zero-order chi connectivity index (χ0) is 19.0. The smallest absolute Gasteiger partial charge is 0.243 e. The molecule has 1 aromatic heterocycles. The second kappa shape index (κ2) is 6.95. The summed E-state index contributed by atoms with van der Waals surface area (Å²) in [6.07, 6.45) is 1.77. The highest BCUT2D eigenvalue weighted by atomic mass is 19.1. The van der Waals surface area contributed by atoms with Crippen molar-refractivity contribution in [2.24, 2.45) is 16.9 Å². The Kier molecular flexibility index (Phi) is 4.48. The monoisotopic (exact) mass is 365 g/mol. The third kappa shape index (κ3) is 3.23. The number of carbonyl (C=O) groups excluding carboxylic acids is 1. The third-order valence-electron chi connectivity index (χ3n) is 5.03. The van der Waals surface area contributed by atoms with Crippen LogP contribution in [-0.2, 0) is 4.79 Å². The van der Waals surface area contributed by atoms with E-state index in [1.54, 1.807) is 12.1 Å². The lowest BCUT2D eigenvalue weighted by Crippen LogP contribution is -2.40. The summed E-state index contributed by atoms with van der Waals surface area (Å²) in [5.74, 6) is 0.0637. The van der Waals surface area contributed by atoms with Gasteiger partial charge in [-0.3, -0.25) is 4.79 Å². The number of oxazole rings is 1. The van der Waals surface area contributed by atoms with Crippen molar-refractivity contribution >= 4 is 22.7 Å². The predicted molar refractivity (Wildman–Crippen MR) is 102 cm³/mol. The van der Waals surface area contributed by atoms with E-state index in [-0.39, 0.29) is 23.6 Å². The number of benzene rings is 2. The molecule has 0 saturated carbocycles. The molecular weight excluding hydrogens is 345 g/mol. The van der Waals surface area contributed by atoms with Crippen LogP contribution >= 0.6 is 0 Å². The van der Waals surface area contributed by atoms with Gasteiger partial charge < -0.3 is 4.42 Å². The van der Waals surface area contributed by atoms with Crippen molar-refractivity contribution in [2.75, 3.05) is 0 Å². The topological polar surface area (TPSA) is 67.5 Å². The van der Waals surface area contributed by atoms with Gasteiger partial charge in [-0.2, -0.15) is 5.10 Å². The molecular formula is C21H20FN3O2. The Labute approximate surface area is 156 Å². The standard InChI is InChI=1S/C21H20FN3O2/c1-3-4-16-12(2)19(24-25-20(16)26)14-7-10-17-18(11-14)27-21(23-17)13-5-8-15(22)9-6-13/h5-12,16H,3-4H2,1-2H3,(H,25,26)/t12-,16-/m1/s1. The molecule has 1 aliphatic heterocycles. The van der Waals surface area contributed by atoms with Crippen molar-refractivity contribution < 1.29 is 13.6 Å². The first-order valence-electron chi connectivity index (χ1n) is 9.11. The second-order valence-corrected chi connectivity index (χ2v) is 6.87. The highest BCUT2D eigenvalue weighted by molar-refractivity contribution is 6.07. The van der Waals surface area contributed by atoms with Crippen molar-refractivity contribution in [1.82, 2.24) is 10.4 Å². The van der Waals surface area contributed by atoms with Crippen LogP contribution in [0.5, 0.6) is 0 Å². The minimum Gasteiger partial charge on any atom is -0.436 e. The molecule has 0 fully saturated rings. The Balaban J connectivity index is 1.69. The average Bonchev–Trinajstić information content (AvgIpc) is 3.09. The van der Waals surface area contributed by atoms with Crippen LogP contribution in [0, 0.1) is 17.7 Å². The lowest BCUT2D eigenvalue weighted by molar-refractivity contribution is -0.126. The fraction of sp³-hybridized carbons (Fsp3) is 0.286. The summed E-state index contributed by atoms with van der Waals surface area (Å²) in [4.78, 5) is 16.6. The first-order chi connectivity index (χ1) is 13.1. The summed E-state index contributed by atoms with van der Waals surface area (Å²) in [5, 5.41) is 4.29. The van der Waals surface area contributed by atoms with E-state index in [2.05, 4.69) is 22.4 Å². The molecule has 4 rings (SSSR count). The number of amides is 1. The first-order valence-corrected chi connectivity index (χ1v) is 9.11. The molecule has 0 bridgehead atoms. The number of fused-ring (bicyclic) bond motifs is 1. The van der Waals surface area contributed by atoms with Crippen molar-refractivity contribution in [2.45, 2.75) is 26.7 Å². The molecule has 138 valence electrons. The normalized spacial score (nSPS) is 19.8. The molecule has 1 N–H and O–H groups in total. The highest BCUT2D eigenvalue weighted by Gasteiger charge is 2.32. The van der Waals surface area contributed by atoms with Gasteiger partial charge in [0.1, 0.15) is 11.3 Å². The van der Waals surface area contributed by atoms with E-state index >= 15 is 0 Å². The van der Waals surface area contributed by atoms with Crippen molar-refractivity contribution in [1.29, 1.82) is 0 Å². The molecule has 0 unspecified atom stereocenters. The third-order valence-corrected chi connectivity index (χ3v) is 5.03. The molecule has 3 aromatic rings. The number of aromatic nitrogens is 1. The van der Waals surface area contributed by atoms with E-state index in [1.807, 2.05) is 25.1 Å². The van der Waals surface area contributed by atoms with Gasteiger partial charge in [-0.05, 0) is 42.8 Å². The SMILES string of the molecule is CCC[C@H]1C(=O)NN=C(c2ccc3nc(-c4ccc(F)cc4)oc3c2)[C@@H]1C. The summed E-state index contributed by atoms with van der Waals surface area (Å²) in [6, 6.07) is 11.7. The lowest BCUT2D eigenvalue weighted by atomic mass is 9.82. The van der Waals surface area contributed by atoms with Crippen LogP contribution in [0.3, 0.4) is 0 Å². The van der Waals surface area contributed by atoms with Gasteiger partial charge in [0.05, 0.1) is 5.71 Å². The van der Waals surface area contributed by atoms with Gasteiger partial charge in [0.25, 0.3) is 0 Å². The fourth-order valence-corrected chi connectivity index (χ4v) is 3.54. The Bertz CT molecular complexity index is 1020. The first kappa shape index (κ1) is 17.4. The number of carbonyl (C=O) groups is 1. The Morgan fingerprint density at radius 3 is 2.63 bits per heavy atom. The van der Waals surface area contributed by atoms with Crippen molar-refractivity contribution in [3.63, 3.8) is 0 Å². The van der Waals surface area contributed by atoms with Gasteiger partial charge in [-0.25, -0.2) is 14.8 Å². The average molecular weight is 365 g/mol. The summed E-state index contributed by atoms with van der Waals surface area (Å²) in [6.45, 7) is 4.11. The largest absolute Gasteiger partial charge is 0.436 e. The molecule has 27 heavy (non-hydrogen) atoms. The molecule has 0 spiro atoms. The van der Waals surface area contributed by atoms with E-state index in [0.717, 1.165) is 29.6 Å². The van der Waals surface area contributed by atoms with Crippen LogP contribution in [0.2, 0.25) is 0 Å².